The Balaban J connectivity index is 3.95. The fourth-order valence-corrected chi connectivity index (χ4v) is 1.44. The maximum Gasteiger partial charge on any atom is 0.333 e. The first-order valence-electron chi connectivity index (χ1n) is 6.05. The Labute approximate surface area is 103 Å². The monoisotopic (exact) mass is 241 g/mol. The van der Waals surface area contributed by atoms with Crippen molar-refractivity contribution in [2.75, 3.05) is 6.61 Å². The average molecular weight is 241 g/mol. The van der Waals surface area contributed by atoms with Crippen molar-refractivity contribution >= 4 is 11.9 Å². The smallest absolute Gasteiger partial charge is 0.333 e. The van der Waals surface area contributed by atoms with Crippen molar-refractivity contribution in [3.63, 3.8) is 0 Å². The molecule has 0 aromatic heterocycles. The van der Waals surface area contributed by atoms with E-state index in [0.717, 1.165) is 25.7 Å². The molecular weight excluding hydrogens is 220 g/mol. The summed E-state index contributed by atoms with van der Waals surface area (Å²) in [5.41, 5.74) is -0.0599. The molecule has 4 heteroatoms. The molecule has 0 amide bonds. The predicted octanol–water partition coefficient (Wildman–Crippen LogP) is 1.44. The summed E-state index contributed by atoms with van der Waals surface area (Å²) in [4.78, 5) is 21.6. The minimum Gasteiger partial charge on any atom is -0.550 e. The number of carboxylic acids is 1. The van der Waals surface area contributed by atoms with Gasteiger partial charge in [-0.1, -0.05) is 39.7 Å². The number of aliphatic carboxylic acids is 1. The van der Waals surface area contributed by atoms with E-state index in [2.05, 4.69) is 13.5 Å². The third-order valence-electron chi connectivity index (χ3n) is 2.64. The van der Waals surface area contributed by atoms with Gasteiger partial charge < -0.3 is 14.6 Å². The summed E-state index contributed by atoms with van der Waals surface area (Å²) in [6, 6.07) is 0. The number of carbonyl (C=O) groups is 2. The number of ether oxygens (including phenoxy) is 1. The van der Waals surface area contributed by atoms with E-state index in [4.69, 9.17) is 4.74 Å². The second kappa shape index (κ2) is 8.79. The fourth-order valence-electron chi connectivity index (χ4n) is 1.44. The van der Waals surface area contributed by atoms with Crippen LogP contribution in [0.15, 0.2) is 12.2 Å². The van der Waals surface area contributed by atoms with Crippen molar-refractivity contribution in [1.29, 1.82) is 0 Å². The van der Waals surface area contributed by atoms with Crippen LogP contribution in [-0.4, -0.2) is 18.5 Å². The first kappa shape index (κ1) is 15.7. The third kappa shape index (κ3) is 7.55. The standard InChI is InChI=1S/C13H22O4/c1-4-6-7-11(5-2)9-17-13(16)10(3)8-12(14)15/h11H,3-9H2,1-2H3,(H,14,15)/p-1. The van der Waals surface area contributed by atoms with E-state index in [9.17, 15) is 14.7 Å². The van der Waals surface area contributed by atoms with E-state index < -0.39 is 18.4 Å². The van der Waals surface area contributed by atoms with Crippen molar-refractivity contribution in [3.8, 4) is 0 Å². The number of carboxylic acid groups (broad SMARTS) is 1. The minimum atomic E-state index is -1.31. The van der Waals surface area contributed by atoms with Gasteiger partial charge in [-0.3, -0.25) is 0 Å². The molecule has 0 rings (SSSR count). The van der Waals surface area contributed by atoms with Gasteiger partial charge in [0.1, 0.15) is 0 Å². The van der Waals surface area contributed by atoms with Crippen molar-refractivity contribution < 1.29 is 19.4 Å². The summed E-state index contributed by atoms with van der Waals surface area (Å²) in [7, 11) is 0. The molecule has 1 unspecified atom stereocenters. The number of rotatable bonds is 9. The molecule has 0 aliphatic heterocycles. The van der Waals surface area contributed by atoms with Crippen molar-refractivity contribution in [3.05, 3.63) is 12.2 Å². The SMILES string of the molecule is C=C(CC(=O)[O-])C(=O)OCC(CC)CCCC. The second-order valence-corrected chi connectivity index (χ2v) is 4.17. The van der Waals surface area contributed by atoms with Crippen LogP contribution < -0.4 is 5.11 Å². The molecular formula is C13H21O4-. The first-order chi connectivity index (χ1) is 8.01. The molecule has 0 saturated carbocycles. The quantitative estimate of drug-likeness (QED) is 0.452. The molecule has 1 atom stereocenters. The van der Waals surface area contributed by atoms with Crippen LogP contribution in [-0.2, 0) is 14.3 Å². The Morgan fingerprint density at radius 2 is 2.00 bits per heavy atom. The zero-order valence-corrected chi connectivity index (χ0v) is 10.7. The van der Waals surface area contributed by atoms with Gasteiger partial charge in [-0.2, -0.15) is 0 Å². The molecule has 0 aliphatic rings. The molecule has 17 heavy (non-hydrogen) atoms. The first-order valence-corrected chi connectivity index (χ1v) is 6.05. The number of carbonyl (C=O) groups excluding carboxylic acids is 2. The van der Waals surface area contributed by atoms with Crippen molar-refractivity contribution in [1.82, 2.24) is 0 Å². The van der Waals surface area contributed by atoms with Crippen LogP contribution >= 0.6 is 0 Å². The molecule has 0 spiro atoms. The van der Waals surface area contributed by atoms with E-state index >= 15 is 0 Å². The van der Waals surface area contributed by atoms with Crippen LogP contribution in [0.1, 0.15) is 46.0 Å². The van der Waals surface area contributed by atoms with E-state index in [1.165, 1.54) is 0 Å². The van der Waals surface area contributed by atoms with Crippen molar-refractivity contribution in [2.24, 2.45) is 5.92 Å². The van der Waals surface area contributed by atoms with Gasteiger partial charge in [0.15, 0.2) is 0 Å². The van der Waals surface area contributed by atoms with E-state index in [0.29, 0.717) is 12.5 Å². The zero-order valence-electron chi connectivity index (χ0n) is 10.7. The Morgan fingerprint density at radius 1 is 1.35 bits per heavy atom. The van der Waals surface area contributed by atoms with Gasteiger partial charge in [-0.25, -0.2) is 4.79 Å². The summed E-state index contributed by atoms with van der Waals surface area (Å²) in [5, 5.41) is 10.3. The molecule has 98 valence electrons. The van der Waals surface area contributed by atoms with Crippen LogP contribution in [0.25, 0.3) is 0 Å². The summed E-state index contributed by atoms with van der Waals surface area (Å²) < 4.78 is 5.03. The minimum absolute atomic E-state index is 0.0599. The van der Waals surface area contributed by atoms with Crippen LogP contribution in [0, 0.1) is 5.92 Å². The van der Waals surface area contributed by atoms with E-state index in [1.54, 1.807) is 0 Å². The van der Waals surface area contributed by atoms with Gasteiger partial charge in [0.05, 0.1) is 6.61 Å². The van der Waals surface area contributed by atoms with Crippen LogP contribution in [0.3, 0.4) is 0 Å². The molecule has 0 aromatic rings. The Kier molecular flexibility index (Phi) is 8.11. The number of hydrogen-bond donors (Lipinski definition) is 0. The molecule has 0 bridgehead atoms. The zero-order chi connectivity index (χ0) is 13.3. The lowest BCUT2D eigenvalue weighted by molar-refractivity contribution is -0.304. The summed E-state index contributed by atoms with van der Waals surface area (Å²) in [6.07, 6.45) is 3.72. The lowest BCUT2D eigenvalue weighted by atomic mass is 10.0. The van der Waals surface area contributed by atoms with Gasteiger partial charge in [0.2, 0.25) is 0 Å². The highest BCUT2D eigenvalue weighted by Crippen LogP contribution is 2.13. The normalized spacial score (nSPS) is 11.9. The highest BCUT2D eigenvalue weighted by atomic mass is 16.5. The largest absolute Gasteiger partial charge is 0.550 e. The van der Waals surface area contributed by atoms with Crippen LogP contribution in [0.5, 0.6) is 0 Å². The topological polar surface area (TPSA) is 66.4 Å². The van der Waals surface area contributed by atoms with Gasteiger partial charge in [-0.15, -0.1) is 0 Å². The molecule has 0 N–H and O–H groups in total. The van der Waals surface area contributed by atoms with Gasteiger partial charge in [0.25, 0.3) is 0 Å². The summed E-state index contributed by atoms with van der Waals surface area (Å²) in [5.74, 6) is -1.61. The van der Waals surface area contributed by atoms with Gasteiger partial charge in [-0.05, 0) is 12.3 Å². The number of esters is 1. The second-order valence-electron chi connectivity index (χ2n) is 4.17. The van der Waals surface area contributed by atoms with Crippen LogP contribution in [0.4, 0.5) is 0 Å². The maximum atomic E-state index is 11.4. The van der Waals surface area contributed by atoms with Gasteiger partial charge in [0, 0.05) is 18.0 Å². The Bertz CT molecular complexity index is 271. The summed E-state index contributed by atoms with van der Waals surface area (Å²) in [6.45, 7) is 7.86. The highest BCUT2D eigenvalue weighted by Gasteiger charge is 2.12. The lowest BCUT2D eigenvalue weighted by Crippen LogP contribution is -2.25. The third-order valence-corrected chi connectivity index (χ3v) is 2.64. The van der Waals surface area contributed by atoms with Crippen molar-refractivity contribution in [2.45, 2.75) is 46.0 Å². The van der Waals surface area contributed by atoms with Gasteiger partial charge >= 0.3 is 5.97 Å². The molecule has 0 aromatic carbocycles. The maximum absolute atomic E-state index is 11.4. The molecule has 0 heterocycles. The molecule has 4 nitrogen and oxygen atoms in total. The highest BCUT2D eigenvalue weighted by molar-refractivity contribution is 5.92. The molecule has 0 saturated heterocycles. The lowest BCUT2D eigenvalue weighted by Gasteiger charge is -2.15. The Hall–Kier alpha value is -1.32. The number of hydrogen-bond acceptors (Lipinski definition) is 4. The fraction of sp³-hybridized carbons (Fsp3) is 0.692. The number of unbranched alkanes of at least 4 members (excludes halogenated alkanes) is 1. The van der Waals surface area contributed by atoms with E-state index in [-0.39, 0.29) is 5.57 Å². The summed E-state index contributed by atoms with van der Waals surface area (Å²) >= 11 is 0. The molecule has 0 fully saturated rings. The molecule has 0 radical (unpaired) electrons. The predicted molar refractivity (Wildman–Crippen MR) is 63.0 cm³/mol. The average Bonchev–Trinajstić information content (AvgIpc) is 2.28. The molecule has 0 aliphatic carbocycles. The Morgan fingerprint density at radius 3 is 2.47 bits per heavy atom. The van der Waals surface area contributed by atoms with Crippen LogP contribution in [0.2, 0.25) is 0 Å². The van der Waals surface area contributed by atoms with E-state index in [1.807, 2.05) is 6.92 Å².